The number of anilines is 6. The molecule has 1 aromatic heterocycles. The summed E-state index contributed by atoms with van der Waals surface area (Å²) in [5, 5.41) is 1.23. The third kappa shape index (κ3) is 7.05. The molecule has 6 heteroatoms. The van der Waals surface area contributed by atoms with E-state index in [1.54, 1.807) is 0 Å². The Kier molecular flexibility index (Phi) is 10.1. The summed E-state index contributed by atoms with van der Waals surface area (Å²) in [6.45, 7) is 0. The van der Waals surface area contributed by atoms with Gasteiger partial charge in [0.1, 0.15) is 11.6 Å². The van der Waals surface area contributed by atoms with Gasteiger partial charge in [-0.25, -0.2) is 8.78 Å². The lowest BCUT2D eigenvalue weighted by molar-refractivity contribution is 0.599. The minimum atomic E-state index is -0.266. The summed E-state index contributed by atoms with van der Waals surface area (Å²) in [6.07, 6.45) is 30.1. The van der Waals surface area contributed by atoms with E-state index in [0.717, 1.165) is 77.4 Å². The van der Waals surface area contributed by atoms with Gasteiger partial charge in [-0.3, -0.25) is 0 Å². The van der Waals surface area contributed by atoms with Gasteiger partial charge in [-0.15, -0.1) is 0 Å². The zero-order valence-corrected chi connectivity index (χ0v) is 36.5. The van der Waals surface area contributed by atoms with Crippen LogP contribution in [0.4, 0.5) is 42.9 Å². The lowest BCUT2D eigenvalue weighted by atomic mass is 9.85. The third-order valence-corrected chi connectivity index (χ3v) is 13.9. The van der Waals surface area contributed by atoms with Crippen LogP contribution in [-0.2, 0) is 6.42 Å². The van der Waals surface area contributed by atoms with Gasteiger partial charge in [0.15, 0.2) is 0 Å². The van der Waals surface area contributed by atoms with Gasteiger partial charge in [-0.2, -0.15) is 0 Å². The SMILES string of the molecule is Fc1ccc(N(C2=CC3C4=C(C=CCC4)N(c4ccccc4)C3C=C2)c2ccc(-c3ccc(N(c4ccc(F)cc4)c4ccc5c(c4)c4c(n5C5C=CC=CC5)CCC=C4)cc3)cc2)cc1. The number of fused-ring (bicyclic) bond motifs is 5. The van der Waals surface area contributed by atoms with Gasteiger partial charge in [0.2, 0.25) is 0 Å². The predicted molar refractivity (Wildman–Crippen MR) is 269 cm³/mol. The van der Waals surface area contributed by atoms with Crippen molar-refractivity contribution < 1.29 is 8.78 Å². The maximum absolute atomic E-state index is 14.4. The number of hydrogen-bond donors (Lipinski definition) is 0. The number of allylic oxidation sites excluding steroid dienone is 8. The molecule has 0 amide bonds. The Morgan fingerprint density at radius 2 is 1.17 bits per heavy atom. The summed E-state index contributed by atoms with van der Waals surface area (Å²) < 4.78 is 31.3. The first-order valence-corrected chi connectivity index (χ1v) is 23.2. The molecular formula is C60H48F2N4. The zero-order chi connectivity index (χ0) is 44.1. The van der Waals surface area contributed by atoms with E-state index in [9.17, 15) is 8.78 Å². The van der Waals surface area contributed by atoms with Crippen molar-refractivity contribution in [1.29, 1.82) is 0 Å². The number of aromatic nitrogens is 1. The van der Waals surface area contributed by atoms with Gasteiger partial charge in [0, 0.05) is 73.6 Å². The summed E-state index contributed by atoms with van der Waals surface area (Å²) in [7, 11) is 0. The van der Waals surface area contributed by atoms with Crippen LogP contribution in [0, 0.1) is 17.6 Å². The van der Waals surface area contributed by atoms with Gasteiger partial charge < -0.3 is 19.3 Å². The molecular weight excluding hydrogens is 815 g/mol. The van der Waals surface area contributed by atoms with E-state index in [1.165, 1.54) is 63.4 Å². The molecule has 1 aliphatic heterocycles. The molecule has 7 aromatic rings. The summed E-state index contributed by atoms with van der Waals surface area (Å²) in [6, 6.07) is 48.7. The van der Waals surface area contributed by atoms with Crippen LogP contribution >= 0.6 is 0 Å². The molecule has 0 saturated heterocycles. The van der Waals surface area contributed by atoms with Crippen LogP contribution in [0.25, 0.3) is 28.1 Å². The number of benzene rings is 6. The van der Waals surface area contributed by atoms with E-state index in [4.69, 9.17) is 0 Å². The van der Waals surface area contributed by atoms with Gasteiger partial charge in [-0.1, -0.05) is 97.1 Å². The summed E-state index contributed by atoms with van der Waals surface area (Å²) in [5.74, 6) is -0.317. The van der Waals surface area contributed by atoms with E-state index in [2.05, 4.69) is 183 Å². The molecule has 0 fully saturated rings. The van der Waals surface area contributed by atoms with Gasteiger partial charge >= 0.3 is 0 Å². The van der Waals surface area contributed by atoms with Crippen molar-refractivity contribution in [3.63, 3.8) is 0 Å². The Hall–Kier alpha value is -7.70. The van der Waals surface area contributed by atoms with Crippen molar-refractivity contribution in [1.82, 2.24) is 4.57 Å². The fourth-order valence-electron chi connectivity index (χ4n) is 10.9. The molecule has 12 rings (SSSR count). The molecule has 0 bridgehead atoms. The number of rotatable bonds is 9. The average molecular weight is 863 g/mol. The van der Waals surface area contributed by atoms with E-state index in [-0.39, 0.29) is 29.6 Å². The number of para-hydroxylation sites is 1. The Morgan fingerprint density at radius 1 is 0.545 bits per heavy atom. The molecule has 6 aromatic carbocycles. The highest BCUT2D eigenvalue weighted by atomic mass is 19.1. The molecule has 4 aliphatic carbocycles. The highest BCUT2D eigenvalue weighted by Gasteiger charge is 2.40. The van der Waals surface area contributed by atoms with E-state index in [1.807, 2.05) is 24.3 Å². The van der Waals surface area contributed by atoms with E-state index >= 15 is 0 Å². The van der Waals surface area contributed by atoms with Crippen LogP contribution in [0.3, 0.4) is 0 Å². The molecule has 3 unspecified atom stereocenters. The molecule has 2 heterocycles. The fourth-order valence-corrected chi connectivity index (χ4v) is 10.9. The van der Waals surface area contributed by atoms with Crippen LogP contribution in [0.1, 0.15) is 43.0 Å². The third-order valence-electron chi connectivity index (χ3n) is 13.9. The Morgan fingerprint density at radius 3 is 1.83 bits per heavy atom. The largest absolute Gasteiger partial charge is 0.337 e. The van der Waals surface area contributed by atoms with E-state index < -0.39 is 0 Å². The molecule has 3 atom stereocenters. The van der Waals surface area contributed by atoms with Crippen molar-refractivity contribution in [2.45, 2.75) is 44.2 Å². The van der Waals surface area contributed by atoms with Gasteiger partial charge in [0.05, 0.1) is 12.1 Å². The van der Waals surface area contributed by atoms with Crippen molar-refractivity contribution in [2.24, 2.45) is 5.92 Å². The Balaban J connectivity index is 0.873. The van der Waals surface area contributed by atoms with Crippen molar-refractivity contribution in [3.05, 3.63) is 246 Å². The molecule has 0 spiro atoms. The minimum Gasteiger partial charge on any atom is -0.337 e. The summed E-state index contributed by atoms with van der Waals surface area (Å²) >= 11 is 0. The van der Waals surface area contributed by atoms with E-state index in [0.29, 0.717) is 0 Å². The van der Waals surface area contributed by atoms with Gasteiger partial charge in [0.25, 0.3) is 0 Å². The summed E-state index contributed by atoms with van der Waals surface area (Å²) in [5.41, 5.74) is 15.9. The van der Waals surface area contributed by atoms with Crippen LogP contribution in [0.15, 0.2) is 223 Å². The minimum absolute atomic E-state index is 0.178. The van der Waals surface area contributed by atoms with Gasteiger partial charge in [-0.05, 0) is 164 Å². The molecule has 66 heavy (non-hydrogen) atoms. The molecule has 322 valence electrons. The number of nitrogens with zero attached hydrogens (tertiary/aromatic N) is 4. The van der Waals surface area contributed by atoms with Crippen molar-refractivity contribution in [2.75, 3.05) is 14.7 Å². The lowest BCUT2D eigenvalue weighted by Crippen LogP contribution is -2.34. The Labute approximate surface area is 385 Å². The second kappa shape index (κ2) is 16.7. The monoisotopic (exact) mass is 862 g/mol. The summed E-state index contributed by atoms with van der Waals surface area (Å²) in [4.78, 5) is 6.94. The molecule has 4 nitrogen and oxygen atoms in total. The molecule has 5 aliphatic rings. The zero-order valence-electron chi connectivity index (χ0n) is 36.5. The second-order valence-electron chi connectivity index (χ2n) is 17.7. The fraction of sp³-hybridized carbons (Fsp3) is 0.133. The number of halogens is 2. The van der Waals surface area contributed by atoms with Crippen molar-refractivity contribution in [3.8, 4) is 11.1 Å². The quantitative estimate of drug-likeness (QED) is 0.144. The van der Waals surface area contributed by atoms with Crippen LogP contribution in [0.5, 0.6) is 0 Å². The van der Waals surface area contributed by atoms with Crippen LogP contribution in [0.2, 0.25) is 0 Å². The smallest absolute Gasteiger partial charge is 0.123 e. The second-order valence-corrected chi connectivity index (χ2v) is 17.7. The van der Waals surface area contributed by atoms with Crippen molar-refractivity contribution >= 4 is 51.1 Å². The highest BCUT2D eigenvalue weighted by Crippen LogP contribution is 2.47. The standard InChI is InChI=1S/C60H48F2N4/c61-43-23-31-49(32-24-43)63(51-35-37-59-55(39-51)53-15-7-9-17-57(53)65(59)45-11-3-1-4-12-45)47-27-19-41(20-28-47)42-21-29-48(30-22-42)64(50-33-25-44(62)26-34-50)52-36-38-60-56(40-52)54-16-8-10-18-58(54)66(60)46-13-5-2-6-14-46/h1-7,10-11,13-15,18-40,45,56,60H,8-9,12,16-17H2. The topological polar surface area (TPSA) is 14.7 Å². The normalized spacial score (nSPS) is 19.2. The molecule has 0 radical (unpaired) electrons. The first-order valence-electron chi connectivity index (χ1n) is 23.2. The van der Waals surface area contributed by atoms with Crippen LogP contribution < -0.4 is 14.7 Å². The maximum Gasteiger partial charge on any atom is 0.123 e. The number of hydrogen-bond acceptors (Lipinski definition) is 3. The lowest BCUT2D eigenvalue weighted by Gasteiger charge is -2.34. The molecule has 0 N–H and O–H groups in total. The Bertz CT molecular complexity index is 3180. The first kappa shape index (κ1) is 39.9. The molecule has 0 saturated carbocycles. The maximum atomic E-state index is 14.4. The average Bonchev–Trinajstić information content (AvgIpc) is 3.89. The highest BCUT2D eigenvalue weighted by molar-refractivity contribution is 5.96. The van der Waals surface area contributed by atoms with Crippen LogP contribution in [-0.4, -0.2) is 10.6 Å². The predicted octanol–water partition coefficient (Wildman–Crippen LogP) is 15.8. The first-order chi connectivity index (χ1) is 32.6.